The van der Waals surface area contributed by atoms with Crippen molar-refractivity contribution in [1.82, 2.24) is 19.8 Å². The molecule has 14 heteroatoms. The second-order valence-electron chi connectivity index (χ2n) is 14.3. The summed E-state index contributed by atoms with van der Waals surface area (Å²) in [5.41, 5.74) is 3.96. The van der Waals surface area contributed by atoms with E-state index in [0.717, 1.165) is 36.8 Å². The van der Waals surface area contributed by atoms with E-state index in [9.17, 15) is 29.4 Å². The molecular weight excluding hydrogens is 807 g/mol. The van der Waals surface area contributed by atoms with Crippen LogP contribution in [-0.4, -0.2) is 92.9 Å². The third-order valence-corrected chi connectivity index (χ3v) is 10.1. The number of unbranched alkanes of at least 4 members (excludes halogenated alkanes) is 3. The molecule has 4 aromatic carbocycles. The number of hydrogen-bond donors (Lipinski definition) is 4. The number of phenols is 2. The van der Waals surface area contributed by atoms with Crippen molar-refractivity contribution < 1.29 is 38.9 Å². The number of rotatable bonds is 21. The Morgan fingerprint density at radius 3 is 1.30 bits per heavy atom. The van der Waals surface area contributed by atoms with Gasteiger partial charge in [0.05, 0.1) is 37.3 Å². The number of Topliss-reactive ketones (excluding diaryl/α,β-unsaturated/α-hetero) is 2. The maximum absolute atomic E-state index is 13.9. The van der Waals surface area contributed by atoms with Crippen molar-refractivity contribution in [3.63, 3.8) is 0 Å². The van der Waals surface area contributed by atoms with E-state index < -0.39 is 11.9 Å². The van der Waals surface area contributed by atoms with Crippen LogP contribution < -0.4 is 0 Å². The normalized spacial score (nSPS) is 11.1. The van der Waals surface area contributed by atoms with Crippen LogP contribution in [0.5, 0.6) is 11.5 Å². The molecule has 318 valence electrons. The highest BCUT2D eigenvalue weighted by Crippen LogP contribution is 2.30. The minimum Gasteiger partial charge on any atom is -0.506 e. The lowest BCUT2D eigenvalue weighted by Crippen LogP contribution is -2.31. The van der Waals surface area contributed by atoms with Crippen LogP contribution in [0.2, 0.25) is 0 Å². The number of fused-ring (bicyclic) bond motifs is 2. The molecule has 0 aliphatic carbocycles. The molecule has 0 spiro atoms. The molecule has 0 amide bonds. The Hall–Kier alpha value is -5.66. The molecule has 6 rings (SSSR count). The highest BCUT2D eigenvalue weighted by molar-refractivity contribution is 6.12. The van der Waals surface area contributed by atoms with Crippen molar-refractivity contribution in [3.05, 3.63) is 131 Å². The van der Waals surface area contributed by atoms with Crippen LogP contribution in [0.25, 0.3) is 21.8 Å². The number of nitrogens with zero attached hydrogens (tertiary/aromatic N) is 2. The first-order chi connectivity index (χ1) is 28.1. The SMILES string of the molecule is CCOC(=O)c1cc2c(C(=O)CN(CCCCCCN(CC(=O)c3ccc(O)c4[nH]c(C(=O)OCC)cc34)Cc3ccccc3)Cc3ccccc3)ccc(O)c2[nH]1.Cl.Cl. The molecule has 0 saturated carbocycles. The second kappa shape index (κ2) is 22.6. The van der Waals surface area contributed by atoms with Crippen LogP contribution in [-0.2, 0) is 22.6 Å². The summed E-state index contributed by atoms with van der Waals surface area (Å²) < 4.78 is 10.2. The number of ketones is 2. The Bertz CT molecular complexity index is 2200. The number of benzene rings is 4. The van der Waals surface area contributed by atoms with Crippen molar-refractivity contribution in [3.8, 4) is 11.5 Å². The van der Waals surface area contributed by atoms with Crippen LogP contribution >= 0.6 is 24.8 Å². The first kappa shape index (κ1) is 47.0. The van der Waals surface area contributed by atoms with Crippen LogP contribution in [0.3, 0.4) is 0 Å². The van der Waals surface area contributed by atoms with Crippen molar-refractivity contribution in [2.75, 3.05) is 39.4 Å². The number of carbonyl (C=O) groups is 4. The van der Waals surface area contributed by atoms with Gasteiger partial charge in [-0.3, -0.25) is 19.4 Å². The quantitative estimate of drug-likeness (QED) is 0.0312. The van der Waals surface area contributed by atoms with Crippen molar-refractivity contribution in [2.24, 2.45) is 0 Å². The molecule has 0 atom stereocenters. The predicted octanol–water partition coefficient (Wildman–Crippen LogP) is 8.89. The van der Waals surface area contributed by atoms with E-state index in [1.165, 1.54) is 12.1 Å². The standard InChI is InChI=1S/C46H50N4O8.2ClH/c1-3-57-45(55)37-25-35-33(19-21-39(51)43(35)47-37)41(53)29-49(27-31-15-9-7-10-16-31)23-13-5-6-14-24-50(28-32-17-11-8-12-18-32)30-42(54)34-20-22-40(52)44-36(34)26-38(48-44)46(56)58-4-2;;/h7-12,15-22,25-26,47-48,51-52H,3-6,13-14,23-24,27-30H2,1-2H3;2*1H. The Morgan fingerprint density at radius 2 is 0.933 bits per heavy atom. The number of phenolic OH excluding ortho intramolecular Hbond substituents is 2. The lowest BCUT2D eigenvalue weighted by atomic mass is 10.0. The second-order valence-corrected chi connectivity index (χ2v) is 14.3. The van der Waals surface area contributed by atoms with E-state index in [1.807, 2.05) is 60.7 Å². The number of carbonyl (C=O) groups excluding carboxylic acids is 4. The highest BCUT2D eigenvalue weighted by atomic mass is 35.5. The zero-order chi connectivity index (χ0) is 41.0. The maximum Gasteiger partial charge on any atom is 0.354 e. The maximum atomic E-state index is 13.9. The van der Waals surface area contributed by atoms with Gasteiger partial charge in [-0.05, 0) is 87.3 Å². The molecule has 6 aromatic rings. The number of nitrogens with one attached hydrogen (secondary N) is 2. The molecule has 0 saturated heterocycles. The van der Waals surface area contributed by atoms with E-state index in [-0.39, 0.29) is 85.6 Å². The number of hydrogen-bond acceptors (Lipinski definition) is 10. The Kier molecular flexibility index (Phi) is 17.7. The molecular formula is C46H52Cl2N4O8. The summed E-state index contributed by atoms with van der Waals surface area (Å²) in [4.78, 5) is 62.6. The number of esters is 2. The molecule has 2 heterocycles. The van der Waals surface area contributed by atoms with Gasteiger partial charge in [0.15, 0.2) is 11.6 Å². The molecule has 0 unspecified atom stereocenters. The van der Waals surface area contributed by atoms with E-state index in [2.05, 4.69) is 19.8 Å². The number of ether oxygens (including phenoxy) is 2. The van der Waals surface area contributed by atoms with E-state index in [0.29, 0.717) is 59.1 Å². The fourth-order valence-corrected chi connectivity index (χ4v) is 7.24. The number of aromatic amines is 2. The number of H-pyrrole nitrogens is 2. The number of aromatic nitrogens is 2. The molecule has 12 nitrogen and oxygen atoms in total. The first-order valence-electron chi connectivity index (χ1n) is 19.8. The summed E-state index contributed by atoms with van der Waals surface area (Å²) >= 11 is 0. The minimum absolute atomic E-state index is 0. The summed E-state index contributed by atoms with van der Waals surface area (Å²) in [6.45, 7) is 6.63. The molecule has 0 aliphatic rings. The molecule has 0 radical (unpaired) electrons. The number of aromatic hydroxyl groups is 2. The molecule has 0 fully saturated rings. The molecule has 60 heavy (non-hydrogen) atoms. The van der Waals surface area contributed by atoms with Gasteiger partial charge in [-0.1, -0.05) is 73.5 Å². The summed E-state index contributed by atoms with van der Waals surface area (Å²) in [6, 6.07) is 29.2. The van der Waals surface area contributed by atoms with Crippen molar-refractivity contribution in [1.29, 1.82) is 0 Å². The summed E-state index contributed by atoms with van der Waals surface area (Å²) in [5, 5.41) is 21.9. The first-order valence-corrected chi connectivity index (χ1v) is 19.8. The number of halogens is 2. The average molecular weight is 860 g/mol. The topological polar surface area (TPSA) is 165 Å². The van der Waals surface area contributed by atoms with Crippen LogP contribution in [0.15, 0.2) is 97.1 Å². The largest absolute Gasteiger partial charge is 0.506 e. The lowest BCUT2D eigenvalue weighted by molar-refractivity contribution is 0.0511. The van der Waals surface area contributed by atoms with Gasteiger partial charge >= 0.3 is 11.9 Å². The van der Waals surface area contributed by atoms with E-state index in [1.54, 1.807) is 38.1 Å². The van der Waals surface area contributed by atoms with Crippen LogP contribution in [0.1, 0.15) is 92.4 Å². The molecule has 0 bridgehead atoms. The smallest absolute Gasteiger partial charge is 0.354 e. The van der Waals surface area contributed by atoms with Gasteiger partial charge in [0.2, 0.25) is 0 Å². The monoisotopic (exact) mass is 858 g/mol. The van der Waals surface area contributed by atoms with Crippen LogP contribution in [0.4, 0.5) is 0 Å². The average Bonchev–Trinajstić information content (AvgIpc) is 3.88. The van der Waals surface area contributed by atoms with Gasteiger partial charge in [0, 0.05) is 35.0 Å². The lowest BCUT2D eigenvalue weighted by Gasteiger charge is -2.23. The zero-order valence-corrected chi connectivity index (χ0v) is 35.4. The fourth-order valence-electron chi connectivity index (χ4n) is 7.24. The zero-order valence-electron chi connectivity index (χ0n) is 33.8. The van der Waals surface area contributed by atoms with Gasteiger partial charge < -0.3 is 29.7 Å². The Morgan fingerprint density at radius 1 is 0.550 bits per heavy atom. The molecule has 2 aromatic heterocycles. The summed E-state index contributed by atoms with van der Waals surface area (Å²) in [6.07, 6.45) is 3.52. The Balaban J connectivity index is 0.00000397. The summed E-state index contributed by atoms with van der Waals surface area (Å²) in [5.74, 6) is -1.48. The van der Waals surface area contributed by atoms with E-state index in [4.69, 9.17) is 9.47 Å². The van der Waals surface area contributed by atoms with Gasteiger partial charge in [-0.15, -0.1) is 24.8 Å². The van der Waals surface area contributed by atoms with Crippen molar-refractivity contribution in [2.45, 2.75) is 52.6 Å². The van der Waals surface area contributed by atoms with Crippen molar-refractivity contribution >= 4 is 70.1 Å². The third kappa shape index (κ3) is 12.0. The summed E-state index contributed by atoms with van der Waals surface area (Å²) in [7, 11) is 0. The Labute approximate surface area is 361 Å². The van der Waals surface area contributed by atoms with Gasteiger partial charge in [-0.25, -0.2) is 9.59 Å². The third-order valence-electron chi connectivity index (χ3n) is 10.1. The van der Waals surface area contributed by atoms with Gasteiger partial charge in [-0.2, -0.15) is 0 Å². The van der Waals surface area contributed by atoms with Crippen LogP contribution in [0, 0.1) is 0 Å². The van der Waals surface area contributed by atoms with Gasteiger partial charge in [0.1, 0.15) is 22.9 Å². The highest BCUT2D eigenvalue weighted by Gasteiger charge is 2.22. The predicted molar refractivity (Wildman–Crippen MR) is 237 cm³/mol. The molecule has 4 N–H and O–H groups in total. The van der Waals surface area contributed by atoms with Gasteiger partial charge in [0.25, 0.3) is 0 Å². The minimum atomic E-state index is -0.557. The van der Waals surface area contributed by atoms with E-state index >= 15 is 0 Å². The molecule has 0 aliphatic heterocycles. The fraction of sp³-hybridized carbons (Fsp3) is 0.304.